The average molecular weight is 498 g/mol. The van der Waals surface area contributed by atoms with Crippen molar-refractivity contribution in [2.45, 2.75) is 38.0 Å². The van der Waals surface area contributed by atoms with E-state index in [1.807, 2.05) is 42.3 Å². The van der Waals surface area contributed by atoms with Crippen molar-refractivity contribution in [3.05, 3.63) is 52.4 Å². The number of esters is 2. The maximum absolute atomic E-state index is 13.2. The van der Waals surface area contributed by atoms with Crippen LogP contribution in [-0.2, 0) is 19.1 Å². The van der Waals surface area contributed by atoms with Crippen molar-refractivity contribution >= 4 is 39.7 Å². The second-order valence-corrected chi connectivity index (χ2v) is 8.09. The van der Waals surface area contributed by atoms with Gasteiger partial charge in [0.2, 0.25) is 0 Å². The first-order chi connectivity index (χ1) is 14.4. The minimum atomic E-state index is -0.577. The van der Waals surface area contributed by atoms with Crippen LogP contribution in [0, 0.1) is 0 Å². The van der Waals surface area contributed by atoms with E-state index in [0.717, 1.165) is 21.9 Å². The Morgan fingerprint density at radius 1 is 1.17 bits per heavy atom. The topological polar surface area (TPSA) is 81.9 Å². The molecule has 2 N–H and O–H groups in total. The van der Waals surface area contributed by atoms with Crippen LogP contribution >= 0.6 is 11.8 Å². The molecular formula is C22H30N2O4SSe. The molecule has 1 aliphatic heterocycles. The van der Waals surface area contributed by atoms with Crippen LogP contribution in [0.5, 0.6) is 0 Å². The summed E-state index contributed by atoms with van der Waals surface area (Å²) in [6, 6.07) is 7.89. The van der Waals surface area contributed by atoms with Gasteiger partial charge in [-0.2, -0.15) is 0 Å². The first-order valence-electron chi connectivity index (χ1n) is 9.95. The van der Waals surface area contributed by atoms with Gasteiger partial charge in [-0.05, 0) is 0 Å². The number of nitrogens with two attached hydrogens (primary N) is 1. The number of nitrogens with zero attached hydrogens (tertiary/aromatic N) is 1. The Hall–Kier alpha value is -1.73. The SMILES string of the molecule is CCOC(=O)C1=C(C)N(C[SeH])C(CCN)=C(C(=O)OCC)C1c1cccc(SC)c1. The van der Waals surface area contributed by atoms with Gasteiger partial charge in [0.1, 0.15) is 0 Å². The molecule has 0 amide bonds. The predicted octanol–water partition coefficient (Wildman–Crippen LogP) is 2.67. The van der Waals surface area contributed by atoms with Gasteiger partial charge in [-0.25, -0.2) is 0 Å². The van der Waals surface area contributed by atoms with E-state index in [0.29, 0.717) is 29.6 Å². The molecular weight excluding hydrogens is 467 g/mol. The fraction of sp³-hybridized carbons (Fsp3) is 0.455. The Morgan fingerprint density at radius 3 is 2.33 bits per heavy atom. The minimum absolute atomic E-state index is 0.245. The van der Waals surface area contributed by atoms with E-state index in [1.165, 1.54) is 0 Å². The molecule has 1 aromatic rings. The molecule has 1 unspecified atom stereocenters. The van der Waals surface area contributed by atoms with E-state index in [2.05, 4.69) is 16.0 Å². The van der Waals surface area contributed by atoms with Gasteiger partial charge in [0, 0.05) is 0 Å². The number of carbonyl (C=O) groups is 2. The van der Waals surface area contributed by atoms with Crippen LogP contribution in [0.4, 0.5) is 0 Å². The van der Waals surface area contributed by atoms with E-state index >= 15 is 0 Å². The van der Waals surface area contributed by atoms with Crippen LogP contribution in [0.25, 0.3) is 0 Å². The molecule has 0 aliphatic carbocycles. The number of allylic oxidation sites excluding steroid dienone is 1. The zero-order valence-corrected chi connectivity index (χ0v) is 20.6. The Kier molecular flexibility index (Phi) is 9.49. The van der Waals surface area contributed by atoms with Crippen molar-refractivity contribution in [3.63, 3.8) is 0 Å². The number of thioether (sulfide) groups is 1. The number of benzene rings is 1. The van der Waals surface area contributed by atoms with Gasteiger partial charge in [-0.15, -0.1) is 0 Å². The van der Waals surface area contributed by atoms with Gasteiger partial charge in [0.25, 0.3) is 0 Å². The molecule has 30 heavy (non-hydrogen) atoms. The van der Waals surface area contributed by atoms with Gasteiger partial charge < -0.3 is 0 Å². The average Bonchev–Trinajstić information content (AvgIpc) is 2.74. The predicted molar refractivity (Wildman–Crippen MR) is 121 cm³/mol. The molecule has 1 heterocycles. The number of ether oxygens (including phenoxy) is 2. The first-order valence-corrected chi connectivity index (χ1v) is 12.5. The molecule has 1 atom stereocenters. The monoisotopic (exact) mass is 498 g/mol. The quantitative estimate of drug-likeness (QED) is 0.319. The van der Waals surface area contributed by atoms with Crippen molar-refractivity contribution in [2.24, 2.45) is 5.73 Å². The molecule has 0 saturated carbocycles. The van der Waals surface area contributed by atoms with Crippen LogP contribution < -0.4 is 5.73 Å². The number of hydrogen-bond donors (Lipinski definition) is 1. The van der Waals surface area contributed by atoms with Crippen LogP contribution in [-0.4, -0.2) is 64.3 Å². The van der Waals surface area contributed by atoms with Crippen LogP contribution in [0.1, 0.15) is 38.7 Å². The number of carbonyl (C=O) groups excluding carboxylic acids is 2. The standard InChI is InChI=1S/C22H30N2O4SSe/c1-5-27-21(25)18-14(3)24(13-30)17(10-11-23)20(22(26)28-6-2)19(18)15-8-7-9-16(12-15)29-4/h7-9,12,19,30H,5-6,10-11,13,23H2,1-4H3. The number of hydrogen-bond acceptors (Lipinski definition) is 7. The molecule has 6 nitrogen and oxygen atoms in total. The van der Waals surface area contributed by atoms with E-state index in [4.69, 9.17) is 15.2 Å². The third-order valence-electron chi connectivity index (χ3n) is 4.95. The third-order valence-corrected chi connectivity index (χ3v) is 6.27. The first kappa shape index (κ1) is 24.5. The van der Waals surface area contributed by atoms with E-state index < -0.39 is 17.9 Å². The summed E-state index contributed by atoms with van der Waals surface area (Å²) in [6.07, 6.45) is 2.49. The summed E-state index contributed by atoms with van der Waals surface area (Å²) in [7, 11) is 0. The van der Waals surface area contributed by atoms with E-state index in [9.17, 15) is 9.59 Å². The molecule has 1 aromatic carbocycles. The van der Waals surface area contributed by atoms with Crippen LogP contribution in [0.3, 0.4) is 0 Å². The summed E-state index contributed by atoms with van der Waals surface area (Å²) in [5.74, 6) is -1.43. The fourth-order valence-corrected chi connectivity index (χ4v) is 4.96. The summed E-state index contributed by atoms with van der Waals surface area (Å²) in [4.78, 5) is 29.3. The van der Waals surface area contributed by atoms with Crippen molar-refractivity contribution in [3.8, 4) is 0 Å². The molecule has 0 aromatic heterocycles. The summed E-state index contributed by atoms with van der Waals surface area (Å²) < 4.78 is 10.8. The van der Waals surface area contributed by atoms with Crippen molar-refractivity contribution in [2.75, 3.05) is 31.5 Å². The second kappa shape index (κ2) is 11.6. The molecule has 1 aliphatic rings. The van der Waals surface area contributed by atoms with E-state index in [1.54, 1.807) is 25.6 Å². The molecule has 0 fully saturated rings. The summed E-state index contributed by atoms with van der Waals surface area (Å²) in [5.41, 5.74) is 9.78. The number of rotatable bonds is 9. The second-order valence-electron chi connectivity index (χ2n) is 6.62. The van der Waals surface area contributed by atoms with Gasteiger partial charge in [-0.3, -0.25) is 0 Å². The Morgan fingerprint density at radius 2 is 1.80 bits per heavy atom. The molecule has 0 saturated heterocycles. The fourth-order valence-electron chi connectivity index (χ4n) is 3.68. The van der Waals surface area contributed by atoms with Gasteiger partial charge in [-0.1, -0.05) is 0 Å². The molecule has 0 bridgehead atoms. The van der Waals surface area contributed by atoms with Gasteiger partial charge in [0.15, 0.2) is 0 Å². The van der Waals surface area contributed by atoms with Crippen molar-refractivity contribution in [1.29, 1.82) is 0 Å². The summed E-state index contributed by atoms with van der Waals surface area (Å²) in [5, 5.41) is 0. The normalized spacial score (nSPS) is 16.7. The van der Waals surface area contributed by atoms with Crippen LogP contribution in [0.15, 0.2) is 51.7 Å². The van der Waals surface area contributed by atoms with Gasteiger partial charge >= 0.3 is 191 Å². The molecule has 164 valence electrons. The molecule has 0 spiro atoms. The zero-order valence-electron chi connectivity index (χ0n) is 17.9. The van der Waals surface area contributed by atoms with E-state index in [-0.39, 0.29) is 13.2 Å². The van der Waals surface area contributed by atoms with Crippen LogP contribution in [0.2, 0.25) is 0 Å². The molecule has 0 radical (unpaired) electrons. The molecule has 2 rings (SSSR count). The Labute approximate surface area is 191 Å². The summed E-state index contributed by atoms with van der Waals surface area (Å²) >= 11 is 4.10. The van der Waals surface area contributed by atoms with Gasteiger partial charge in [0.05, 0.1) is 0 Å². The Bertz CT molecular complexity index is 853. The summed E-state index contributed by atoms with van der Waals surface area (Å²) in [6.45, 7) is 6.31. The maximum atomic E-state index is 13.2. The molecule has 8 heteroatoms. The van der Waals surface area contributed by atoms with Crippen molar-refractivity contribution < 1.29 is 19.1 Å². The Balaban J connectivity index is 2.83. The van der Waals surface area contributed by atoms with Crippen molar-refractivity contribution in [1.82, 2.24) is 4.90 Å². The zero-order chi connectivity index (χ0) is 22.3. The third kappa shape index (κ3) is 5.11.